The van der Waals surface area contributed by atoms with E-state index in [1.807, 2.05) is 6.20 Å². The van der Waals surface area contributed by atoms with Crippen LogP contribution in [0.15, 0.2) is 6.20 Å². The molecule has 1 aromatic heterocycles. The molecule has 0 saturated heterocycles. The van der Waals surface area contributed by atoms with Crippen LogP contribution in [0.3, 0.4) is 0 Å². The SMILES string of the molecule is C[Si](C)(C)CCOCn1cc(CBr)nn1. The Morgan fingerprint density at radius 3 is 2.73 bits per heavy atom. The van der Waals surface area contributed by atoms with Gasteiger partial charge in [0.05, 0.1) is 11.9 Å². The number of halogens is 1. The quantitative estimate of drug-likeness (QED) is 0.459. The fraction of sp³-hybridized carbons (Fsp3) is 0.778. The van der Waals surface area contributed by atoms with E-state index in [0.29, 0.717) is 6.73 Å². The van der Waals surface area contributed by atoms with E-state index in [4.69, 9.17) is 4.74 Å². The summed E-state index contributed by atoms with van der Waals surface area (Å²) in [5.74, 6) is 0. The number of aromatic nitrogens is 3. The van der Waals surface area contributed by atoms with Gasteiger partial charge in [-0.1, -0.05) is 40.8 Å². The summed E-state index contributed by atoms with van der Waals surface area (Å²) < 4.78 is 7.26. The second kappa shape index (κ2) is 5.76. The molecule has 0 spiro atoms. The Balaban J connectivity index is 2.20. The molecule has 6 heteroatoms. The summed E-state index contributed by atoms with van der Waals surface area (Å²) in [6.07, 6.45) is 1.89. The number of ether oxygens (including phenoxy) is 1. The van der Waals surface area contributed by atoms with E-state index in [1.54, 1.807) is 4.68 Å². The van der Waals surface area contributed by atoms with Crippen molar-refractivity contribution >= 4 is 24.0 Å². The van der Waals surface area contributed by atoms with E-state index in [-0.39, 0.29) is 0 Å². The van der Waals surface area contributed by atoms with Crippen LogP contribution in [0.4, 0.5) is 0 Å². The van der Waals surface area contributed by atoms with Crippen LogP contribution in [0.5, 0.6) is 0 Å². The highest BCUT2D eigenvalue weighted by molar-refractivity contribution is 9.08. The van der Waals surface area contributed by atoms with Crippen LogP contribution >= 0.6 is 15.9 Å². The third-order valence-corrected chi connectivity index (χ3v) is 4.22. The van der Waals surface area contributed by atoms with Crippen LogP contribution in [-0.4, -0.2) is 29.7 Å². The molecule has 0 aliphatic carbocycles. The molecule has 0 saturated carbocycles. The highest BCUT2D eigenvalue weighted by Gasteiger charge is 2.11. The van der Waals surface area contributed by atoms with Gasteiger partial charge in [-0.2, -0.15) is 0 Å². The molecule has 15 heavy (non-hydrogen) atoms. The van der Waals surface area contributed by atoms with Gasteiger partial charge in [0.15, 0.2) is 0 Å². The average molecular weight is 292 g/mol. The van der Waals surface area contributed by atoms with Crippen molar-refractivity contribution in [3.05, 3.63) is 11.9 Å². The Kier molecular flexibility index (Phi) is 4.94. The van der Waals surface area contributed by atoms with Gasteiger partial charge in [-0.3, -0.25) is 0 Å². The van der Waals surface area contributed by atoms with Crippen molar-refractivity contribution in [1.29, 1.82) is 0 Å². The van der Waals surface area contributed by atoms with Crippen molar-refractivity contribution in [2.45, 2.75) is 37.7 Å². The van der Waals surface area contributed by atoms with Crippen LogP contribution in [-0.2, 0) is 16.8 Å². The van der Waals surface area contributed by atoms with Crippen molar-refractivity contribution in [3.8, 4) is 0 Å². The third-order valence-electron chi connectivity index (χ3n) is 1.94. The van der Waals surface area contributed by atoms with Gasteiger partial charge >= 0.3 is 0 Å². The van der Waals surface area contributed by atoms with Crippen molar-refractivity contribution in [3.63, 3.8) is 0 Å². The van der Waals surface area contributed by atoms with Crippen LogP contribution in [0.25, 0.3) is 0 Å². The molecular weight excluding hydrogens is 274 g/mol. The summed E-state index contributed by atoms with van der Waals surface area (Å²) in [6, 6.07) is 1.19. The molecule has 0 aromatic carbocycles. The minimum atomic E-state index is -0.975. The molecule has 1 aromatic rings. The first-order valence-electron chi connectivity index (χ1n) is 5.04. The first-order valence-corrected chi connectivity index (χ1v) is 9.87. The van der Waals surface area contributed by atoms with Gasteiger partial charge in [0.2, 0.25) is 0 Å². The van der Waals surface area contributed by atoms with Crippen LogP contribution in [0, 0.1) is 0 Å². The minimum absolute atomic E-state index is 0.504. The molecule has 0 N–H and O–H groups in total. The molecule has 4 nitrogen and oxygen atoms in total. The Hall–Kier alpha value is -0.203. The van der Waals surface area contributed by atoms with Crippen LogP contribution < -0.4 is 0 Å². The fourth-order valence-corrected chi connectivity index (χ4v) is 2.01. The summed E-state index contributed by atoms with van der Waals surface area (Å²) in [5, 5.41) is 8.64. The highest BCUT2D eigenvalue weighted by atomic mass is 79.9. The molecule has 0 aliphatic rings. The lowest BCUT2D eigenvalue weighted by Gasteiger charge is -2.15. The van der Waals surface area contributed by atoms with E-state index < -0.39 is 8.07 Å². The topological polar surface area (TPSA) is 39.9 Å². The second-order valence-electron chi connectivity index (χ2n) is 4.73. The number of hydrogen-bond acceptors (Lipinski definition) is 3. The predicted molar refractivity (Wildman–Crippen MR) is 66.8 cm³/mol. The molecular formula is C9H18BrN3OSi. The Labute approximate surface area is 100 Å². The molecule has 0 radical (unpaired) electrons. The number of rotatable bonds is 6. The lowest BCUT2D eigenvalue weighted by molar-refractivity contribution is 0.0772. The zero-order chi connectivity index (χ0) is 11.3. The molecule has 1 rings (SSSR count). The van der Waals surface area contributed by atoms with Gasteiger partial charge in [0, 0.05) is 20.0 Å². The van der Waals surface area contributed by atoms with Gasteiger partial charge in [-0.25, -0.2) is 4.68 Å². The number of hydrogen-bond donors (Lipinski definition) is 0. The van der Waals surface area contributed by atoms with Crippen molar-refractivity contribution < 1.29 is 4.74 Å². The summed E-state index contributed by atoms with van der Waals surface area (Å²) in [5.41, 5.74) is 0.934. The van der Waals surface area contributed by atoms with Gasteiger partial charge in [0.25, 0.3) is 0 Å². The summed E-state index contributed by atoms with van der Waals surface area (Å²) >= 11 is 3.33. The Morgan fingerprint density at radius 1 is 1.47 bits per heavy atom. The molecule has 0 atom stereocenters. The molecule has 86 valence electrons. The van der Waals surface area contributed by atoms with E-state index >= 15 is 0 Å². The molecule has 0 fully saturated rings. The van der Waals surface area contributed by atoms with Crippen molar-refractivity contribution in [2.24, 2.45) is 0 Å². The number of alkyl halides is 1. The zero-order valence-corrected chi connectivity index (χ0v) is 12.1. The van der Waals surface area contributed by atoms with E-state index in [0.717, 1.165) is 17.6 Å². The van der Waals surface area contributed by atoms with E-state index in [9.17, 15) is 0 Å². The van der Waals surface area contributed by atoms with Gasteiger partial charge in [-0.15, -0.1) is 5.10 Å². The first-order chi connectivity index (χ1) is 7.01. The maximum absolute atomic E-state index is 5.53. The molecule has 0 bridgehead atoms. The normalized spacial score (nSPS) is 12.0. The Bertz CT molecular complexity index is 298. The standard InChI is InChI=1S/C9H18BrN3OSi/c1-15(2,3)5-4-14-8-13-7-9(6-10)11-12-13/h7H,4-6,8H2,1-3H3. The smallest absolute Gasteiger partial charge is 0.141 e. The highest BCUT2D eigenvalue weighted by Crippen LogP contribution is 2.07. The largest absolute Gasteiger partial charge is 0.359 e. The first kappa shape index (κ1) is 12.9. The zero-order valence-electron chi connectivity index (χ0n) is 9.53. The fourth-order valence-electron chi connectivity index (χ4n) is 0.999. The molecule has 0 aliphatic heterocycles. The van der Waals surface area contributed by atoms with E-state index in [1.165, 1.54) is 6.04 Å². The third kappa shape index (κ3) is 5.43. The summed E-state index contributed by atoms with van der Waals surface area (Å²) in [7, 11) is -0.975. The van der Waals surface area contributed by atoms with Gasteiger partial charge in [-0.05, 0) is 6.04 Å². The van der Waals surface area contributed by atoms with Gasteiger partial charge < -0.3 is 4.74 Å². The lowest BCUT2D eigenvalue weighted by Crippen LogP contribution is -2.22. The second-order valence-corrected chi connectivity index (χ2v) is 10.9. The van der Waals surface area contributed by atoms with Crippen LogP contribution in [0.1, 0.15) is 5.69 Å². The maximum Gasteiger partial charge on any atom is 0.141 e. The number of nitrogens with zero attached hydrogens (tertiary/aromatic N) is 3. The maximum atomic E-state index is 5.53. The van der Waals surface area contributed by atoms with Crippen molar-refractivity contribution in [1.82, 2.24) is 15.0 Å². The molecule has 0 unspecified atom stereocenters. The minimum Gasteiger partial charge on any atom is -0.359 e. The Morgan fingerprint density at radius 2 is 2.20 bits per heavy atom. The van der Waals surface area contributed by atoms with Crippen LogP contribution in [0.2, 0.25) is 25.7 Å². The predicted octanol–water partition coefficient (Wildman–Crippen LogP) is 2.49. The summed E-state index contributed by atoms with van der Waals surface area (Å²) in [4.78, 5) is 0. The monoisotopic (exact) mass is 291 g/mol. The lowest BCUT2D eigenvalue weighted by atomic mass is 10.6. The molecule has 1 heterocycles. The van der Waals surface area contributed by atoms with Crippen molar-refractivity contribution in [2.75, 3.05) is 6.61 Å². The van der Waals surface area contributed by atoms with Gasteiger partial charge in [0.1, 0.15) is 6.73 Å². The van der Waals surface area contributed by atoms with E-state index in [2.05, 4.69) is 45.9 Å². The average Bonchev–Trinajstić information content (AvgIpc) is 2.59. The molecule has 0 amide bonds. The summed E-state index contributed by atoms with van der Waals surface area (Å²) in [6.45, 7) is 8.35.